The maximum Gasteiger partial charge on any atom is 0.231 e. The molecule has 96 valence electrons. The zero-order valence-electron chi connectivity index (χ0n) is 11.1. The minimum atomic E-state index is 0.335. The summed E-state index contributed by atoms with van der Waals surface area (Å²) < 4.78 is 5.42. The van der Waals surface area contributed by atoms with Crippen molar-refractivity contribution < 1.29 is 4.52 Å². The molecule has 4 heteroatoms. The monoisotopic (exact) mass is 237 g/mol. The van der Waals surface area contributed by atoms with E-state index in [1.165, 1.54) is 12.8 Å². The Morgan fingerprint density at radius 3 is 2.76 bits per heavy atom. The van der Waals surface area contributed by atoms with E-state index in [1.54, 1.807) is 0 Å². The van der Waals surface area contributed by atoms with Crippen molar-refractivity contribution in [1.82, 2.24) is 15.5 Å². The highest BCUT2D eigenvalue weighted by molar-refractivity contribution is 5.06. The van der Waals surface area contributed by atoms with Gasteiger partial charge in [-0.25, -0.2) is 0 Å². The second kappa shape index (κ2) is 5.63. The number of nitrogens with zero attached hydrogens (tertiary/aromatic N) is 2. The quantitative estimate of drug-likeness (QED) is 0.792. The number of nitrogens with one attached hydrogen (secondary N) is 1. The Morgan fingerprint density at radius 2 is 2.18 bits per heavy atom. The van der Waals surface area contributed by atoms with Crippen LogP contribution < -0.4 is 5.32 Å². The first-order valence-corrected chi connectivity index (χ1v) is 6.83. The molecule has 1 saturated carbocycles. The molecule has 1 aromatic heterocycles. The summed E-state index contributed by atoms with van der Waals surface area (Å²) in [6, 6.07) is 0.396. The molecule has 1 fully saturated rings. The van der Waals surface area contributed by atoms with Gasteiger partial charge in [-0.3, -0.25) is 0 Å². The van der Waals surface area contributed by atoms with Crippen LogP contribution in [0, 0.1) is 0 Å². The van der Waals surface area contributed by atoms with E-state index in [0.29, 0.717) is 17.9 Å². The normalized spacial score (nSPS) is 19.2. The van der Waals surface area contributed by atoms with Crippen molar-refractivity contribution in [1.29, 1.82) is 0 Å². The van der Waals surface area contributed by atoms with Gasteiger partial charge < -0.3 is 9.84 Å². The van der Waals surface area contributed by atoms with Crippen LogP contribution in [0.2, 0.25) is 0 Å². The lowest BCUT2D eigenvalue weighted by molar-refractivity contribution is 0.314. The number of hydrogen-bond acceptors (Lipinski definition) is 4. The molecule has 0 aromatic carbocycles. The summed E-state index contributed by atoms with van der Waals surface area (Å²) in [7, 11) is 0. The lowest BCUT2D eigenvalue weighted by Crippen LogP contribution is -2.32. The molecule has 2 atom stereocenters. The zero-order chi connectivity index (χ0) is 12.3. The highest BCUT2D eigenvalue weighted by atomic mass is 16.5. The summed E-state index contributed by atoms with van der Waals surface area (Å²) in [5.41, 5.74) is 0. The lowest BCUT2D eigenvalue weighted by atomic mass is 9.98. The van der Waals surface area contributed by atoms with Crippen molar-refractivity contribution in [3.8, 4) is 0 Å². The summed E-state index contributed by atoms with van der Waals surface area (Å²) in [5, 5.41) is 7.60. The Kier molecular flexibility index (Phi) is 4.15. The summed E-state index contributed by atoms with van der Waals surface area (Å²) in [5.74, 6) is 2.64. The zero-order valence-corrected chi connectivity index (χ0v) is 11.1. The third kappa shape index (κ3) is 3.06. The molecule has 1 aliphatic rings. The Morgan fingerprint density at radius 1 is 1.41 bits per heavy atom. The molecular formula is C13H23N3O. The van der Waals surface area contributed by atoms with Crippen molar-refractivity contribution in [3.05, 3.63) is 11.7 Å². The van der Waals surface area contributed by atoms with Crippen molar-refractivity contribution in [3.63, 3.8) is 0 Å². The minimum absolute atomic E-state index is 0.335. The smallest absolute Gasteiger partial charge is 0.231 e. The molecule has 17 heavy (non-hydrogen) atoms. The molecule has 1 aromatic rings. The van der Waals surface area contributed by atoms with Gasteiger partial charge in [0.25, 0.3) is 0 Å². The first-order chi connectivity index (χ1) is 8.26. The highest BCUT2D eigenvalue weighted by Crippen LogP contribution is 2.38. The molecule has 0 spiro atoms. The van der Waals surface area contributed by atoms with Gasteiger partial charge >= 0.3 is 0 Å². The van der Waals surface area contributed by atoms with Crippen LogP contribution >= 0.6 is 0 Å². The fourth-order valence-electron chi connectivity index (χ4n) is 2.16. The van der Waals surface area contributed by atoms with E-state index in [1.807, 2.05) is 0 Å². The first kappa shape index (κ1) is 12.6. The fraction of sp³-hybridized carbons (Fsp3) is 0.846. The van der Waals surface area contributed by atoms with Gasteiger partial charge in [0.1, 0.15) is 0 Å². The number of hydrogen-bond donors (Lipinski definition) is 1. The van der Waals surface area contributed by atoms with E-state index in [-0.39, 0.29) is 0 Å². The summed E-state index contributed by atoms with van der Waals surface area (Å²) in [6.45, 7) is 7.60. The van der Waals surface area contributed by atoms with Crippen LogP contribution in [0.4, 0.5) is 0 Å². The van der Waals surface area contributed by atoms with Gasteiger partial charge in [0.2, 0.25) is 5.89 Å². The van der Waals surface area contributed by atoms with Crippen LogP contribution in [0.5, 0.6) is 0 Å². The Balaban J connectivity index is 1.99. The van der Waals surface area contributed by atoms with Crippen LogP contribution in [0.1, 0.15) is 70.0 Å². The highest BCUT2D eigenvalue weighted by Gasteiger charge is 2.31. The van der Waals surface area contributed by atoms with Crippen molar-refractivity contribution in [2.45, 2.75) is 64.3 Å². The molecule has 1 aliphatic carbocycles. The summed E-state index contributed by atoms with van der Waals surface area (Å²) >= 11 is 0. The third-order valence-corrected chi connectivity index (χ3v) is 3.48. The van der Waals surface area contributed by atoms with E-state index < -0.39 is 0 Å². The van der Waals surface area contributed by atoms with Gasteiger partial charge in [-0.1, -0.05) is 19.0 Å². The molecule has 0 radical (unpaired) electrons. The van der Waals surface area contributed by atoms with Crippen LogP contribution in [-0.4, -0.2) is 22.7 Å². The molecule has 0 amide bonds. The predicted octanol–water partition coefficient (Wildman–Crippen LogP) is 2.83. The van der Waals surface area contributed by atoms with Gasteiger partial charge in [-0.2, -0.15) is 4.98 Å². The average Bonchev–Trinajstić information content (AvgIpc) is 3.08. The molecular weight excluding hydrogens is 214 g/mol. The lowest BCUT2D eigenvalue weighted by Gasteiger charge is -2.20. The predicted molar refractivity (Wildman–Crippen MR) is 67.1 cm³/mol. The molecule has 2 rings (SSSR count). The van der Waals surface area contributed by atoms with Crippen molar-refractivity contribution >= 4 is 0 Å². The molecule has 0 aliphatic heterocycles. The van der Waals surface area contributed by atoms with E-state index in [9.17, 15) is 0 Å². The minimum Gasteiger partial charge on any atom is -0.339 e. The SMILES string of the molecule is CCCNC(C)C(CC)c1nc(C2CC2)no1. The van der Waals surface area contributed by atoms with Gasteiger partial charge in [-0.05, 0) is 39.2 Å². The Labute approximate surface area is 103 Å². The van der Waals surface area contributed by atoms with E-state index in [0.717, 1.165) is 31.1 Å². The number of aromatic nitrogens is 2. The summed E-state index contributed by atoms with van der Waals surface area (Å²) in [4.78, 5) is 4.55. The summed E-state index contributed by atoms with van der Waals surface area (Å²) in [6.07, 6.45) is 4.63. The van der Waals surface area contributed by atoms with Gasteiger partial charge in [0.05, 0.1) is 5.92 Å². The van der Waals surface area contributed by atoms with Crippen LogP contribution in [-0.2, 0) is 0 Å². The van der Waals surface area contributed by atoms with E-state index in [4.69, 9.17) is 4.52 Å². The number of rotatable bonds is 7. The molecule has 1 heterocycles. The van der Waals surface area contributed by atoms with Crippen LogP contribution in [0.15, 0.2) is 4.52 Å². The first-order valence-electron chi connectivity index (χ1n) is 6.83. The Hall–Kier alpha value is -0.900. The van der Waals surface area contributed by atoms with Gasteiger partial charge in [-0.15, -0.1) is 0 Å². The second-order valence-corrected chi connectivity index (χ2v) is 5.02. The third-order valence-electron chi connectivity index (χ3n) is 3.48. The fourth-order valence-corrected chi connectivity index (χ4v) is 2.16. The largest absolute Gasteiger partial charge is 0.339 e. The van der Waals surface area contributed by atoms with E-state index >= 15 is 0 Å². The topological polar surface area (TPSA) is 51.0 Å². The van der Waals surface area contributed by atoms with Crippen molar-refractivity contribution in [2.75, 3.05) is 6.54 Å². The van der Waals surface area contributed by atoms with Crippen LogP contribution in [0.25, 0.3) is 0 Å². The van der Waals surface area contributed by atoms with E-state index in [2.05, 4.69) is 36.2 Å². The van der Waals surface area contributed by atoms with Gasteiger partial charge in [0, 0.05) is 12.0 Å². The Bertz CT molecular complexity index is 346. The molecule has 1 N–H and O–H groups in total. The van der Waals surface area contributed by atoms with Crippen molar-refractivity contribution in [2.24, 2.45) is 0 Å². The standard InChI is InChI=1S/C13H23N3O/c1-4-8-14-9(3)11(5-2)13-15-12(16-17-13)10-6-7-10/h9-11,14H,4-8H2,1-3H3. The van der Waals surface area contributed by atoms with Gasteiger partial charge in [0.15, 0.2) is 5.82 Å². The average molecular weight is 237 g/mol. The maximum absolute atomic E-state index is 5.42. The van der Waals surface area contributed by atoms with Crippen LogP contribution in [0.3, 0.4) is 0 Å². The molecule has 0 bridgehead atoms. The second-order valence-electron chi connectivity index (χ2n) is 5.02. The molecule has 2 unspecified atom stereocenters. The molecule has 4 nitrogen and oxygen atoms in total. The maximum atomic E-state index is 5.42. The molecule has 0 saturated heterocycles.